The maximum Gasteiger partial charge on any atom is 0.419 e. The minimum absolute atomic E-state index is 0.132. The zero-order valence-corrected chi connectivity index (χ0v) is 13.3. The topological polar surface area (TPSA) is 97.2 Å². The molecule has 24 heavy (non-hydrogen) atoms. The van der Waals surface area contributed by atoms with Crippen LogP contribution in [0.2, 0.25) is 0 Å². The molecule has 1 heterocycles. The van der Waals surface area contributed by atoms with Crippen LogP contribution >= 0.6 is 0 Å². The Balaban J connectivity index is 2.47. The molecule has 122 valence electrons. The van der Waals surface area contributed by atoms with Crippen molar-refractivity contribution in [2.45, 2.75) is 4.90 Å². The van der Waals surface area contributed by atoms with E-state index in [0.717, 1.165) is 5.56 Å². The molecule has 3 rings (SSSR count). The highest BCUT2D eigenvalue weighted by molar-refractivity contribution is 7.91. The fraction of sp³-hybridized carbons (Fsp3) is 0.0588. The molecule has 0 saturated heterocycles. The van der Waals surface area contributed by atoms with Crippen molar-refractivity contribution in [3.8, 4) is 11.1 Å². The number of rotatable bonds is 4. The van der Waals surface area contributed by atoms with Gasteiger partial charge in [0, 0.05) is 5.56 Å². The quantitative estimate of drug-likeness (QED) is 0.732. The summed E-state index contributed by atoms with van der Waals surface area (Å²) in [7, 11) is -3.77. The number of hydrogen-bond donors (Lipinski definition) is 1. The molecule has 1 aromatic heterocycles. The predicted molar refractivity (Wildman–Crippen MR) is 90.8 cm³/mol. The number of H-pyrrole nitrogens is 1. The van der Waals surface area contributed by atoms with Gasteiger partial charge in [0.2, 0.25) is 0 Å². The van der Waals surface area contributed by atoms with Gasteiger partial charge in [0.25, 0.3) is 0 Å². The fourth-order valence-corrected chi connectivity index (χ4v) is 3.80. The summed E-state index contributed by atoms with van der Waals surface area (Å²) in [6, 6.07) is 11.9. The van der Waals surface area contributed by atoms with E-state index in [1.54, 1.807) is 30.3 Å². The summed E-state index contributed by atoms with van der Waals surface area (Å²) in [4.78, 5) is 26.0. The maximum absolute atomic E-state index is 12.4. The normalized spacial score (nSPS) is 11.5. The summed E-state index contributed by atoms with van der Waals surface area (Å²) in [5, 5.41) is -0.169. The van der Waals surface area contributed by atoms with E-state index in [-0.39, 0.29) is 21.6 Å². The van der Waals surface area contributed by atoms with Crippen molar-refractivity contribution in [3.63, 3.8) is 0 Å². The third-order valence-corrected chi connectivity index (χ3v) is 5.23. The van der Waals surface area contributed by atoms with Crippen molar-refractivity contribution >= 4 is 20.7 Å². The standard InChI is InChI=1S/C17H13NO5S/c1-2-10-24(21,22)13-9-8-12(11-6-4-3-5-7-11)15-14(13)16(19)23-17(20)18-15/h2-9H,1,10H2,(H,18,20). The van der Waals surface area contributed by atoms with E-state index >= 15 is 0 Å². The van der Waals surface area contributed by atoms with Crippen molar-refractivity contribution in [1.29, 1.82) is 0 Å². The number of hydrogen-bond acceptors (Lipinski definition) is 5. The molecular formula is C17H13NO5S. The molecule has 0 radical (unpaired) electrons. The van der Waals surface area contributed by atoms with Crippen molar-refractivity contribution in [2.75, 3.05) is 5.75 Å². The van der Waals surface area contributed by atoms with E-state index in [1.807, 2.05) is 6.07 Å². The molecule has 0 aliphatic heterocycles. The number of nitrogens with one attached hydrogen (secondary N) is 1. The lowest BCUT2D eigenvalue weighted by Crippen LogP contribution is -2.18. The Morgan fingerprint density at radius 3 is 2.46 bits per heavy atom. The Hall–Kier alpha value is -2.93. The van der Waals surface area contributed by atoms with E-state index in [0.29, 0.717) is 5.56 Å². The van der Waals surface area contributed by atoms with Crippen LogP contribution in [-0.2, 0) is 9.84 Å². The van der Waals surface area contributed by atoms with E-state index < -0.39 is 21.2 Å². The third-order valence-electron chi connectivity index (χ3n) is 3.54. The number of benzene rings is 2. The van der Waals surface area contributed by atoms with E-state index in [1.165, 1.54) is 12.1 Å². The minimum Gasteiger partial charge on any atom is -0.372 e. The van der Waals surface area contributed by atoms with E-state index in [4.69, 9.17) is 0 Å². The summed E-state index contributed by atoms with van der Waals surface area (Å²) in [6.45, 7) is 3.41. The second-order valence-electron chi connectivity index (χ2n) is 5.10. The van der Waals surface area contributed by atoms with E-state index in [2.05, 4.69) is 16.0 Å². The molecule has 0 aliphatic carbocycles. The molecule has 1 N–H and O–H groups in total. The Morgan fingerprint density at radius 2 is 1.79 bits per heavy atom. The first-order valence-corrected chi connectivity index (χ1v) is 8.68. The molecule has 3 aromatic rings. The van der Waals surface area contributed by atoms with Crippen LogP contribution in [-0.4, -0.2) is 19.2 Å². The predicted octanol–water partition coefficient (Wildman–Crippen LogP) is 2.11. The van der Waals surface area contributed by atoms with Gasteiger partial charge in [0.1, 0.15) is 5.39 Å². The molecule has 0 spiro atoms. The van der Waals surface area contributed by atoms with Gasteiger partial charge in [-0.25, -0.2) is 18.0 Å². The number of aromatic amines is 1. The Bertz CT molecular complexity index is 1140. The smallest absolute Gasteiger partial charge is 0.372 e. The molecule has 7 heteroatoms. The molecule has 2 aromatic carbocycles. The average molecular weight is 343 g/mol. The molecule has 0 fully saturated rings. The summed E-state index contributed by atoms with van der Waals surface area (Å²) in [6.07, 6.45) is 1.24. The van der Waals surface area contributed by atoms with Crippen molar-refractivity contribution in [3.05, 3.63) is 76.1 Å². The lowest BCUT2D eigenvalue weighted by molar-refractivity contribution is 0.459. The molecule has 0 aliphatic rings. The average Bonchev–Trinajstić information content (AvgIpc) is 2.54. The zero-order chi connectivity index (χ0) is 17.3. The van der Waals surface area contributed by atoms with Gasteiger partial charge in [-0.15, -0.1) is 6.58 Å². The Morgan fingerprint density at radius 1 is 1.08 bits per heavy atom. The highest BCUT2D eigenvalue weighted by Gasteiger charge is 2.22. The summed E-state index contributed by atoms with van der Waals surface area (Å²) < 4.78 is 29.3. The summed E-state index contributed by atoms with van der Waals surface area (Å²) >= 11 is 0. The highest BCUT2D eigenvalue weighted by atomic mass is 32.2. The van der Waals surface area contributed by atoms with Gasteiger partial charge in [-0.3, -0.25) is 4.98 Å². The van der Waals surface area contributed by atoms with Crippen LogP contribution < -0.4 is 11.4 Å². The van der Waals surface area contributed by atoms with Gasteiger partial charge in [0.05, 0.1) is 16.2 Å². The van der Waals surface area contributed by atoms with Crippen molar-refractivity contribution in [1.82, 2.24) is 4.98 Å². The van der Waals surface area contributed by atoms with Crippen molar-refractivity contribution in [2.24, 2.45) is 0 Å². The molecule has 0 saturated carbocycles. The van der Waals surface area contributed by atoms with Crippen LogP contribution in [0.25, 0.3) is 22.0 Å². The largest absolute Gasteiger partial charge is 0.419 e. The summed E-state index contributed by atoms with van der Waals surface area (Å²) in [5.41, 5.74) is 0.409. The first-order chi connectivity index (χ1) is 11.4. The molecule has 0 unspecified atom stereocenters. The first-order valence-electron chi connectivity index (χ1n) is 7.03. The molecule has 6 nitrogen and oxygen atoms in total. The van der Waals surface area contributed by atoms with Gasteiger partial charge in [0.15, 0.2) is 9.84 Å². The monoisotopic (exact) mass is 343 g/mol. The van der Waals surface area contributed by atoms with Crippen LogP contribution in [0, 0.1) is 0 Å². The van der Waals surface area contributed by atoms with Crippen LogP contribution in [0.15, 0.2) is 74.0 Å². The zero-order valence-electron chi connectivity index (χ0n) is 12.5. The molecule has 0 bridgehead atoms. The van der Waals surface area contributed by atoms with Crippen LogP contribution in [0.1, 0.15) is 0 Å². The number of sulfone groups is 1. The maximum atomic E-state index is 12.4. The SMILES string of the molecule is C=CCS(=O)(=O)c1ccc(-c2ccccc2)c2[nH]c(=O)oc(=O)c12. The molecular weight excluding hydrogens is 330 g/mol. The fourth-order valence-electron chi connectivity index (χ4n) is 2.54. The van der Waals surface area contributed by atoms with Crippen LogP contribution in [0.4, 0.5) is 0 Å². The van der Waals surface area contributed by atoms with Crippen LogP contribution in [0.3, 0.4) is 0 Å². The van der Waals surface area contributed by atoms with Gasteiger partial charge in [-0.2, -0.15) is 0 Å². The minimum atomic E-state index is -3.77. The van der Waals surface area contributed by atoms with Gasteiger partial charge < -0.3 is 4.42 Å². The Kier molecular flexibility index (Phi) is 3.94. The van der Waals surface area contributed by atoms with Crippen molar-refractivity contribution < 1.29 is 12.8 Å². The second kappa shape index (κ2) is 5.93. The molecule has 0 atom stereocenters. The van der Waals surface area contributed by atoms with Crippen LogP contribution in [0.5, 0.6) is 0 Å². The lowest BCUT2D eigenvalue weighted by Gasteiger charge is -2.10. The lowest BCUT2D eigenvalue weighted by atomic mass is 10.0. The third kappa shape index (κ3) is 2.69. The number of aromatic nitrogens is 1. The van der Waals surface area contributed by atoms with Gasteiger partial charge in [-0.1, -0.05) is 42.5 Å². The van der Waals surface area contributed by atoms with Gasteiger partial charge >= 0.3 is 11.4 Å². The summed E-state index contributed by atoms with van der Waals surface area (Å²) in [5.74, 6) is -1.27. The van der Waals surface area contributed by atoms with E-state index in [9.17, 15) is 18.0 Å². The highest BCUT2D eigenvalue weighted by Crippen LogP contribution is 2.29. The number of fused-ring (bicyclic) bond motifs is 1. The Labute approximate surface area is 137 Å². The second-order valence-corrected chi connectivity index (χ2v) is 7.10. The first kappa shape index (κ1) is 15.9. The van der Waals surface area contributed by atoms with Gasteiger partial charge in [-0.05, 0) is 11.6 Å². The molecule has 0 amide bonds.